The molecule has 0 aliphatic carbocycles. The van der Waals surface area contributed by atoms with Crippen LogP contribution < -0.4 is 0 Å². The van der Waals surface area contributed by atoms with E-state index in [-0.39, 0.29) is 10.5 Å². The zero-order valence-electron chi connectivity index (χ0n) is 16.5. The number of hydrogen-bond acceptors (Lipinski definition) is 3. The summed E-state index contributed by atoms with van der Waals surface area (Å²) in [4.78, 5) is 12.9. The smallest absolute Gasteiger partial charge is 0.204 e. The molecule has 3 rings (SSSR count). The highest BCUT2D eigenvalue weighted by molar-refractivity contribution is 9.10. The number of aryl methyl sites for hydroxylation is 2. The molecule has 0 aromatic heterocycles. The summed E-state index contributed by atoms with van der Waals surface area (Å²) in [6.07, 6.45) is 1.44. The molecular weight excluding hydrogens is 467 g/mol. The van der Waals surface area contributed by atoms with Crippen LogP contribution in [0.4, 0.5) is 4.39 Å². The zero-order chi connectivity index (χ0) is 21.9. The lowest BCUT2D eigenvalue weighted by Gasteiger charge is -2.11. The minimum Gasteiger partial charge on any atom is -0.288 e. The lowest BCUT2D eigenvalue weighted by molar-refractivity contribution is 0.104. The first kappa shape index (κ1) is 22.1. The summed E-state index contributed by atoms with van der Waals surface area (Å²) in [6.45, 7) is 3.76. The largest absolute Gasteiger partial charge is 0.288 e. The van der Waals surface area contributed by atoms with E-state index in [9.17, 15) is 17.6 Å². The average Bonchev–Trinajstić information content (AvgIpc) is 2.70. The Kier molecular flexibility index (Phi) is 6.68. The van der Waals surface area contributed by atoms with Gasteiger partial charge in [0.25, 0.3) is 0 Å². The molecular formula is C24H20BrFO3S. The number of ketones is 1. The number of sulfone groups is 1. The van der Waals surface area contributed by atoms with Crippen molar-refractivity contribution < 1.29 is 17.6 Å². The van der Waals surface area contributed by atoms with Crippen molar-refractivity contribution >= 4 is 37.6 Å². The first-order valence-corrected chi connectivity index (χ1v) is 11.7. The minimum absolute atomic E-state index is 0.275. The molecule has 0 heterocycles. The van der Waals surface area contributed by atoms with Crippen LogP contribution >= 0.6 is 15.9 Å². The molecule has 0 N–H and O–H groups in total. The topological polar surface area (TPSA) is 51.2 Å². The first-order chi connectivity index (χ1) is 14.2. The van der Waals surface area contributed by atoms with Gasteiger partial charge in [0.15, 0.2) is 9.84 Å². The van der Waals surface area contributed by atoms with E-state index in [4.69, 9.17) is 0 Å². The van der Waals surface area contributed by atoms with Gasteiger partial charge in [0.2, 0.25) is 5.78 Å². The van der Waals surface area contributed by atoms with Gasteiger partial charge in [-0.25, -0.2) is 12.8 Å². The molecule has 0 unspecified atom stereocenters. The Balaban J connectivity index is 2.11. The van der Waals surface area contributed by atoms with Gasteiger partial charge >= 0.3 is 0 Å². The molecule has 0 fully saturated rings. The monoisotopic (exact) mass is 486 g/mol. The normalized spacial score (nSPS) is 12.1. The zero-order valence-corrected chi connectivity index (χ0v) is 18.9. The van der Waals surface area contributed by atoms with Crippen LogP contribution in [0.25, 0.3) is 6.08 Å². The number of carbonyl (C=O) groups is 1. The number of allylic oxidation sites excluding steroid dienone is 1. The van der Waals surface area contributed by atoms with Crippen molar-refractivity contribution in [2.75, 3.05) is 0 Å². The highest BCUT2D eigenvalue weighted by Gasteiger charge is 2.27. The van der Waals surface area contributed by atoms with Crippen molar-refractivity contribution in [1.82, 2.24) is 0 Å². The Bertz CT molecular complexity index is 1210. The molecule has 154 valence electrons. The summed E-state index contributed by atoms with van der Waals surface area (Å²) in [5.41, 5.74) is 3.17. The molecule has 0 radical (unpaired) electrons. The van der Waals surface area contributed by atoms with E-state index in [2.05, 4.69) is 15.9 Å². The third-order valence-corrected chi connectivity index (χ3v) is 6.87. The fourth-order valence-corrected chi connectivity index (χ4v) is 4.73. The van der Waals surface area contributed by atoms with Crippen molar-refractivity contribution in [2.45, 2.75) is 19.6 Å². The molecule has 3 aromatic rings. The van der Waals surface area contributed by atoms with E-state index in [1.165, 1.54) is 30.3 Å². The molecule has 0 aliphatic rings. The van der Waals surface area contributed by atoms with E-state index in [1.807, 2.05) is 32.0 Å². The van der Waals surface area contributed by atoms with Crippen molar-refractivity contribution in [1.29, 1.82) is 0 Å². The van der Waals surface area contributed by atoms with Gasteiger partial charge in [-0.3, -0.25) is 4.79 Å². The Morgan fingerprint density at radius 1 is 0.967 bits per heavy atom. The van der Waals surface area contributed by atoms with Gasteiger partial charge in [-0.2, -0.15) is 0 Å². The standard InChI is InChI=1S/C24H20BrFO3S/c1-16-3-4-17(2)20(13-16)14-23(24(27)19-7-9-21(25)10-8-19)30(28,29)15-18-5-11-22(26)12-6-18/h3-14H,15H2,1-2H3. The number of halogens is 2. The number of rotatable bonds is 6. The quantitative estimate of drug-likeness (QED) is 0.315. The number of hydrogen-bond donors (Lipinski definition) is 0. The minimum atomic E-state index is -4.00. The van der Waals surface area contributed by atoms with Gasteiger partial charge in [-0.15, -0.1) is 0 Å². The molecule has 30 heavy (non-hydrogen) atoms. The second-order valence-electron chi connectivity index (χ2n) is 7.09. The second kappa shape index (κ2) is 9.06. The van der Waals surface area contributed by atoms with Crippen molar-refractivity contribution in [3.8, 4) is 0 Å². The molecule has 3 aromatic carbocycles. The number of carbonyl (C=O) groups excluding carboxylic acids is 1. The summed E-state index contributed by atoms with van der Waals surface area (Å²) in [6, 6.07) is 17.4. The van der Waals surface area contributed by atoms with E-state index in [0.717, 1.165) is 15.6 Å². The van der Waals surface area contributed by atoms with Gasteiger partial charge < -0.3 is 0 Å². The van der Waals surface area contributed by atoms with Crippen molar-refractivity contribution in [3.05, 3.63) is 110 Å². The number of Topliss-reactive ketones (excluding diaryl/α,β-unsaturated/α-hetero) is 1. The third-order valence-electron chi connectivity index (χ3n) is 4.66. The van der Waals surface area contributed by atoms with Crippen LogP contribution in [-0.4, -0.2) is 14.2 Å². The van der Waals surface area contributed by atoms with Gasteiger partial charge in [0.1, 0.15) is 10.7 Å². The summed E-state index contributed by atoms with van der Waals surface area (Å²) in [5.74, 6) is -1.43. The van der Waals surface area contributed by atoms with Crippen LogP contribution in [0, 0.1) is 19.7 Å². The summed E-state index contributed by atoms with van der Waals surface area (Å²) >= 11 is 3.32. The third kappa shape index (κ3) is 5.32. The van der Waals surface area contributed by atoms with Crippen molar-refractivity contribution in [3.63, 3.8) is 0 Å². The van der Waals surface area contributed by atoms with Crippen LogP contribution in [-0.2, 0) is 15.6 Å². The van der Waals surface area contributed by atoms with Crippen LogP contribution in [0.5, 0.6) is 0 Å². The Labute approximate surface area is 184 Å². The molecule has 0 spiro atoms. The summed E-state index contributed by atoms with van der Waals surface area (Å²) in [7, 11) is -4.00. The Hall–Kier alpha value is -2.57. The molecule has 0 bridgehead atoms. The van der Waals surface area contributed by atoms with Crippen LogP contribution in [0.1, 0.15) is 32.6 Å². The Morgan fingerprint density at radius 2 is 1.60 bits per heavy atom. The maximum Gasteiger partial charge on any atom is 0.204 e. The fourth-order valence-electron chi connectivity index (χ4n) is 2.97. The van der Waals surface area contributed by atoms with Crippen LogP contribution in [0.3, 0.4) is 0 Å². The predicted octanol–water partition coefficient (Wildman–Crippen LogP) is 6.04. The second-order valence-corrected chi connectivity index (χ2v) is 9.96. The van der Waals surface area contributed by atoms with E-state index in [1.54, 1.807) is 24.3 Å². The molecule has 0 amide bonds. The van der Waals surface area contributed by atoms with Crippen LogP contribution in [0.15, 0.2) is 76.1 Å². The maximum absolute atomic E-state index is 13.3. The van der Waals surface area contributed by atoms with Gasteiger partial charge in [-0.1, -0.05) is 51.8 Å². The lowest BCUT2D eigenvalue weighted by atomic mass is 10.0. The van der Waals surface area contributed by atoms with Gasteiger partial charge in [0, 0.05) is 10.0 Å². The van der Waals surface area contributed by atoms with E-state index >= 15 is 0 Å². The fraction of sp³-hybridized carbons (Fsp3) is 0.125. The SMILES string of the molecule is Cc1ccc(C)c(C=C(C(=O)c2ccc(Br)cc2)S(=O)(=O)Cc2ccc(F)cc2)c1. The first-order valence-electron chi connectivity index (χ1n) is 9.22. The van der Waals surface area contributed by atoms with Crippen molar-refractivity contribution in [2.24, 2.45) is 0 Å². The summed E-state index contributed by atoms with van der Waals surface area (Å²) in [5, 5.41) is 0. The predicted molar refractivity (Wildman–Crippen MR) is 121 cm³/mol. The lowest BCUT2D eigenvalue weighted by Crippen LogP contribution is -2.16. The summed E-state index contributed by atoms with van der Waals surface area (Å²) < 4.78 is 40.5. The molecule has 0 saturated heterocycles. The molecule has 0 saturated carbocycles. The van der Waals surface area contributed by atoms with Crippen LogP contribution in [0.2, 0.25) is 0 Å². The van der Waals surface area contributed by atoms with Gasteiger partial charge in [-0.05, 0) is 73.0 Å². The average molecular weight is 487 g/mol. The molecule has 0 aliphatic heterocycles. The van der Waals surface area contributed by atoms with Gasteiger partial charge in [0.05, 0.1) is 5.75 Å². The maximum atomic E-state index is 13.3. The highest BCUT2D eigenvalue weighted by Crippen LogP contribution is 2.25. The van der Waals surface area contributed by atoms with E-state index < -0.39 is 27.2 Å². The highest BCUT2D eigenvalue weighted by atomic mass is 79.9. The molecule has 6 heteroatoms. The van der Waals surface area contributed by atoms with E-state index in [0.29, 0.717) is 11.1 Å². The molecule has 0 atom stereocenters. The molecule has 3 nitrogen and oxygen atoms in total. The number of benzene rings is 3. The Morgan fingerprint density at radius 3 is 2.23 bits per heavy atom.